The normalized spacial score (nSPS) is 38.5. The first-order valence-electron chi connectivity index (χ1n) is 8.67. The summed E-state index contributed by atoms with van der Waals surface area (Å²) in [6, 6.07) is 0.845. The van der Waals surface area contributed by atoms with E-state index in [0.29, 0.717) is 6.61 Å². The van der Waals surface area contributed by atoms with Crippen molar-refractivity contribution < 1.29 is 9.47 Å². The third-order valence-electron chi connectivity index (χ3n) is 5.75. The number of rotatable bonds is 9. The van der Waals surface area contributed by atoms with E-state index in [2.05, 4.69) is 5.32 Å². The predicted octanol–water partition coefficient (Wildman–Crippen LogP) is 2.84. The van der Waals surface area contributed by atoms with Gasteiger partial charge in [-0.2, -0.15) is 0 Å². The highest BCUT2D eigenvalue weighted by Crippen LogP contribution is 2.53. The Balaban J connectivity index is 1.28. The molecule has 0 saturated heterocycles. The molecule has 4 rings (SSSR count). The van der Waals surface area contributed by atoms with E-state index < -0.39 is 0 Å². The fraction of sp³-hybridized carbons (Fsp3) is 1.00. The average molecular weight is 281 g/mol. The van der Waals surface area contributed by atoms with E-state index in [9.17, 15) is 0 Å². The third-order valence-corrected chi connectivity index (χ3v) is 5.75. The number of ether oxygens (including phenoxy) is 2. The number of unbranched alkanes of at least 4 members (excludes halogenated alkanes) is 1. The summed E-state index contributed by atoms with van der Waals surface area (Å²) in [5.74, 6) is 4.18. The van der Waals surface area contributed by atoms with Gasteiger partial charge in [-0.1, -0.05) is 0 Å². The fourth-order valence-electron chi connectivity index (χ4n) is 5.10. The summed E-state index contributed by atoms with van der Waals surface area (Å²) >= 11 is 0. The van der Waals surface area contributed by atoms with Crippen LogP contribution in [0.2, 0.25) is 0 Å². The minimum absolute atomic E-state index is 0.714. The van der Waals surface area contributed by atoms with E-state index >= 15 is 0 Å². The Morgan fingerprint density at radius 3 is 2.20 bits per heavy atom. The zero-order valence-electron chi connectivity index (χ0n) is 13.0. The second kappa shape index (κ2) is 7.24. The summed E-state index contributed by atoms with van der Waals surface area (Å²) in [6.07, 6.45) is 10.0. The Hall–Kier alpha value is -0.120. The Morgan fingerprint density at radius 1 is 0.850 bits per heavy atom. The van der Waals surface area contributed by atoms with E-state index in [4.69, 9.17) is 9.47 Å². The van der Waals surface area contributed by atoms with Crippen molar-refractivity contribution in [3.05, 3.63) is 0 Å². The maximum Gasteiger partial charge on any atom is 0.0700 e. The molecule has 4 saturated carbocycles. The lowest BCUT2D eigenvalue weighted by atomic mass is 9.54. The van der Waals surface area contributed by atoms with Gasteiger partial charge in [0.15, 0.2) is 0 Å². The van der Waals surface area contributed by atoms with Gasteiger partial charge in [-0.25, -0.2) is 0 Å². The van der Waals surface area contributed by atoms with Crippen molar-refractivity contribution in [3.8, 4) is 0 Å². The smallest absolute Gasteiger partial charge is 0.0700 e. The molecular formula is C17H31NO2. The summed E-state index contributed by atoms with van der Waals surface area (Å²) in [5, 5.41) is 3.89. The van der Waals surface area contributed by atoms with Gasteiger partial charge in [0.05, 0.1) is 13.2 Å². The van der Waals surface area contributed by atoms with Crippen LogP contribution in [0, 0.1) is 23.7 Å². The topological polar surface area (TPSA) is 30.5 Å². The summed E-state index contributed by atoms with van der Waals surface area (Å²) in [7, 11) is 1.72. The van der Waals surface area contributed by atoms with E-state index in [1.165, 1.54) is 45.1 Å². The van der Waals surface area contributed by atoms with Gasteiger partial charge in [0.2, 0.25) is 0 Å². The van der Waals surface area contributed by atoms with Crippen molar-refractivity contribution in [2.75, 3.05) is 33.5 Å². The summed E-state index contributed by atoms with van der Waals surface area (Å²) in [5.41, 5.74) is 0. The lowest BCUT2D eigenvalue weighted by Gasteiger charge is -2.54. The van der Waals surface area contributed by atoms with Gasteiger partial charge in [-0.05, 0) is 75.2 Å². The van der Waals surface area contributed by atoms with Gasteiger partial charge in [0, 0.05) is 19.8 Å². The predicted molar refractivity (Wildman–Crippen MR) is 80.8 cm³/mol. The zero-order valence-corrected chi connectivity index (χ0v) is 13.0. The van der Waals surface area contributed by atoms with Crippen molar-refractivity contribution in [2.45, 2.75) is 51.0 Å². The molecule has 3 heteroatoms. The first-order chi connectivity index (χ1) is 9.86. The van der Waals surface area contributed by atoms with Gasteiger partial charge in [0.1, 0.15) is 0 Å². The maximum absolute atomic E-state index is 5.51. The largest absolute Gasteiger partial charge is 0.382 e. The van der Waals surface area contributed by atoms with Crippen molar-refractivity contribution in [1.82, 2.24) is 5.32 Å². The van der Waals surface area contributed by atoms with Gasteiger partial charge < -0.3 is 14.8 Å². The quantitative estimate of drug-likeness (QED) is 0.659. The Morgan fingerprint density at radius 2 is 1.55 bits per heavy atom. The van der Waals surface area contributed by atoms with Crippen molar-refractivity contribution >= 4 is 0 Å². The number of nitrogens with one attached hydrogen (secondary N) is 1. The Labute approximate surface area is 123 Å². The summed E-state index contributed by atoms with van der Waals surface area (Å²) in [6.45, 7) is 3.51. The molecule has 1 N–H and O–H groups in total. The summed E-state index contributed by atoms with van der Waals surface area (Å²) in [4.78, 5) is 0. The van der Waals surface area contributed by atoms with E-state index in [-0.39, 0.29) is 0 Å². The fourth-order valence-corrected chi connectivity index (χ4v) is 5.10. The second-order valence-electron chi connectivity index (χ2n) is 7.22. The van der Waals surface area contributed by atoms with Crippen LogP contribution in [0.4, 0.5) is 0 Å². The van der Waals surface area contributed by atoms with Crippen LogP contribution in [0.5, 0.6) is 0 Å². The molecule has 116 valence electrons. The molecule has 0 aromatic heterocycles. The molecule has 0 aromatic carbocycles. The van der Waals surface area contributed by atoms with Gasteiger partial charge in [0.25, 0.3) is 0 Å². The minimum Gasteiger partial charge on any atom is -0.382 e. The van der Waals surface area contributed by atoms with Crippen molar-refractivity contribution in [3.63, 3.8) is 0 Å². The van der Waals surface area contributed by atoms with Gasteiger partial charge in [-0.15, -0.1) is 0 Å². The molecule has 4 fully saturated rings. The molecule has 0 amide bonds. The first-order valence-corrected chi connectivity index (χ1v) is 8.67. The highest BCUT2D eigenvalue weighted by atomic mass is 16.5. The molecule has 0 unspecified atom stereocenters. The highest BCUT2D eigenvalue weighted by Gasteiger charge is 2.47. The number of methoxy groups -OCH3 is 1. The van der Waals surface area contributed by atoms with Crippen molar-refractivity contribution in [1.29, 1.82) is 0 Å². The van der Waals surface area contributed by atoms with Gasteiger partial charge in [-0.3, -0.25) is 0 Å². The van der Waals surface area contributed by atoms with E-state index in [1.807, 2.05) is 0 Å². The standard InChI is InChI=1S/C17H31NO2/c1-19-6-7-20-5-3-2-4-18-17-15-9-13-8-14(11-15)12-16(17)10-13/h13-18H,2-12H2,1H3. The van der Waals surface area contributed by atoms with Crippen LogP contribution < -0.4 is 5.32 Å². The van der Waals surface area contributed by atoms with Gasteiger partial charge >= 0.3 is 0 Å². The molecule has 0 radical (unpaired) electrons. The lowest BCUT2D eigenvalue weighted by molar-refractivity contribution is -0.0138. The average Bonchev–Trinajstić information content (AvgIpc) is 2.43. The molecule has 4 aliphatic rings. The van der Waals surface area contributed by atoms with E-state index in [0.717, 1.165) is 42.9 Å². The van der Waals surface area contributed by atoms with Crippen LogP contribution >= 0.6 is 0 Å². The molecule has 0 heterocycles. The molecule has 4 bridgehead atoms. The molecule has 0 atom stereocenters. The summed E-state index contributed by atoms with van der Waals surface area (Å²) < 4.78 is 10.5. The van der Waals surface area contributed by atoms with Crippen LogP contribution in [0.25, 0.3) is 0 Å². The van der Waals surface area contributed by atoms with Crippen LogP contribution in [-0.4, -0.2) is 39.5 Å². The Bertz CT molecular complexity index is 267. The lowest BCUT2D eigenvalue weighted by Crippen LogP contribution is -2.54. The van der Waals surface area contributed by atoms with Crippen LogP contribution in [0.3, 0.4) is 0 Å². The molecule has 0 aliphatic heterocycles. The molecule has 0 aromatic rings. The minimum atomic E-state index is 0.714. The van der Waals surface area contributed by atoms with E-state index in [1.54, 1.807) is 13.5 Å². The SMILES string of the molecule is COCCOCCCCNC1C2CC3CC(C2)CC1C3. The number of hydrogen-bond acceptors (Lipinski definition) is 3. The van der Waals surface area contributed by atoms with Crippen LogP contribution in [0.15, 0.2) is 0 Å². The maximum atomic E-state index is 5.51. The Kier molecular flexibility index (Phi) is 5.36. The first kappa shape index (κ1) is 14.8. The molecule has 20 heavy (non-hydrogen) atoms. The monoisotopic (exact) mass is 281 g/mol. The molecule has 3 nitrogen and oxygen atoms in total. The molecule has 0 spiro atoms. The molecule has 4 aliphatic carbocycles. The van der Waals surface area contributed by atoms with Crippen LogP contribution in [0.1, 0.15) is 44.9 Å². The second-order valence-corrected chi connectivity index (χ2v) is 7.22. The molecular weight excluding hydrogens is 250 g/mol. The third kappa shape index (κ3) is 3.55. The van der Waals surface area contributed by atoms with Crippen molar-refractivity contribution in [2.24, 2.45) is 23.7 Å². The number of hydrogen-bond donors (Lipinski definition) is 1. The van der Waals surface area contributed by atoms with Crippen LogP contribution in [-0.2, 0) is 9.47 Å². The zero-order chi connectivity index (χ0) is 13.8. The highest BCUT2D eigenvalue weighted by molar-refractivity contribution is 5.01.